The van der Waals surface area contributed by atoms with Crippen LogP contribution < -0.4 is 19.6 Å². The van der Waals surface area contributed by atoms with E-state index in [1.807, 2.05) is 55.5 Å². The summed E-state index contributed by atoms with van der Waals surface area (Å²) in [6.45, 7) is 3.34. The van der Waals surface area contributed by atoms with Crippen molar-refractivity contribution in [3.05, 3.63) is 103 Å². The molecule has 0 unspecified atom stereocenters. The molecule has 0 spiro atoms. The molecule has 0 aliphatic carbocycles. The number of hydrogen-bond acceptors (Lipinski definition) is 8. The summed E-state index contributed by atoms with van der Waals surface area (Å²) in [5.74, 6) is 1.20. The molecule has 9 nitrogen and oxygen atoms in total. The lowest BCUT2D eigenvalue weighted by molar-refractivity contribution is -0.384. The smallest absolute Gasteiger partial charge is 0.274 e. The summed E-state index contributed by atoms with van der Waals surface area (Å²) in [7, 11) is 0. The van der Waals surface area contributed by atoms with Crippen LogP contribution in [-0.2, 0) is 4.74 Å². The number of aromatic nitrogens is 2. The molecule has 0 saturated carbocycles. The average Bonchev–Trinajstić information content (AvgIpc) is 3.41. The fourth-order valence-corrected chi connectivity index (χ4v) is 4.79. The maximum Gasteiger partial charge on any atom is 0.274 e. The minimum absolute atomic E-state index is 0.0951. The Balaban J connectivity index is 1.28. The van der Waals surface area contributed by atoms with Gasteiger partial charge in [-0.1, -0.05) is 41.2 Å². The van der Waals surface area contributed by atoms with E-state index in [-0.39, 0.29) is 17.9 Å². The molecular formula is C27H23N3O6S. The summed E-state index contributed by atoms with van der Waals surface area (Å²) in [5, 5.41) is 11.4. The lowest BCUT2D eigenvalue weighted by Gasteiger charge is -2.10. The minimum Gasteiger partial charge on any atom is -0.491 e. The summed E-state index contributed by atoms with van der Waals surface area (Å²) in [6, 6.07) is 19.5. The molecule has 0 saturated heterocycles. The van der Waals surface area contributed by atoms with E-state index >= 15 is 0 Å². The molecular weight excluding hydrogens is 494 g/mol. The van der Waals surface area contributed by atoms with E-state index in [2.05, 4.69) is 4.98 Å². The van der Waals surface area contributed by atoms with E-state index in [9.17, 15) is 14.9 Å². The lowest BCUT2D eigenvalue weighted by Crippen LogP contribution is -2.22. The Labute approximate surface area is 215 Å². The highest BCUT2D eigenvalue weighted by atomic mass is 32.1. The first-order chi connectivity index (χ1) is 18.0. The van der Waals surface area contributed by atoms with Crippen LogP contribution in [0.5, 0.6) is 11.5 Å². The largest absolute Gasteiger partial charge is 0.491 e. The number of nitro benzene ring substituents is 1. The summed E-state index contributed by atoms with van der Waals surface area (Å²) >= 11 is 1.22. The van der Waals surface area contributed by atoms with Gasteiger partial charge in [0.15, 0.2) is 4.96 Å². The van der Waals surface area contributed by atoms with Gasteiger partial charge in [-0.3, -0.25) is 14.9 Å². The van der Waals surface area contributed by atoms with Gasteiger partial charge in [0.25, 0.3) is 11.2 Å². The molecule has 0 fully saturated rings. The van der Waals surface area contributed by atoms with Gasteiger partial charge in [0.05, 0.1) is 33.7 Å². The number of ether oxygens (including phenoxy) is 3. The maximum atomic E-state index is 13.1. The second-order valence-corrected chi connectivity index (χ2v) is 9.24. The quantitative estimate of drug-likeness (QED) is 0.156. The predicted molar refractivity (Wildman–Crippen MR) is 142 cm³/mol. The highest BCUT2D eigenvalue weighted by Gasteiger charge is 2.14. The van der Waals surface area contributed by atoms with Crippen LogP contribution in [0.25, 0.3) is 22.1 Å². The molecule has 0 amide bonds. The monoisotopic (exact) mass is 517 g/mol. The highest BCUT2D eigenvalue weighted by molar-refractivity contribution is 7.15. The number of non-ortho nitro benzene ring substituents is 1. The van der Waals surface area contributed by atoms with Crippen LogP contribution >= 0.6 is 11.3 Å². The van der Waals surface area contributed by atoms with Crippen LogP contribution in [0, 0.1) is 17.0 Å². The maximum absolute atomic E-state index is 13.1. The topological polar surface area (TPSA) is 105 Å². The number of thiazole rings is 1. The third-order valence-electron chi connectivity index (χ3n) is 5.64. The Kier molecular flexibility index (Phi) is 7.11. The molecule has 2 aromatic heterocycles. The Morgan fingerprint density at radius 1 is 1.00 bits per heavy atom. The molecule has 188 valence electrons. The summed E-state index contributed by atoms with van der Waals surface area (Å²) in [5.41, 5.74) is 2.73. The van der Waals surface area contributed by atoms with Crippen LogP contribution in [0.4, 0.5) is 5.69 Å². The van der Waals surface area contributed by atoms with Crippen LogP contribution in [0.1, 0.15) is 11.1 Å². The van der Waals surface area contributed by atoms with Crippen molar-refractivity contribution >= 4 is 39.1 Å². The highest BCUT2D eigenvalue weighted by Crippen LogP contribution is 2.25. The zero-order chi connectivity index (χ0) is 25.8. The first kappa shape index (κ1) is 24.4. The standard InChI is InChI=1S/C27H23N3O6S/c1-18-6-9-21(10-7-18)35-14-12-34-13-15-36-24-11-8-20(30(32)33)16-19(24)17-25-26(31)29-23-5-3-2-4-22(23)28-27(29)37-25/h2-11,16-17H,12-15H2,1H3/b25-17+. The van der Waals surface area contributed by atoms with Crippen molar-refractivity contribution < 1.29 is 19.1 Å². The number of nitro groups is 1. The van der Waals surface area contributed by atoms with Gasteiger partial charge in [-0.15, -0.1) is 0 Å². The van der Waals surface area contributed by atoms with Crippen molar-refractivity contribution in [2.45, 2.75) is 6.92 Å². The number of imidazole rings is 1. The molecule has 5 aromatic rings. The first-order valence-corrected chi connectivity index (χ1v) is 12.4. The van der Waals surface area contributed by atoms with E-state index in [0.29, 0.717) is 40.6 Å². The predicted octanol–water partition coefficient (Wildman–Crippen LogP) is 4.15. The van der Waals surface area contributed by atoms with E-state index in [1.165, 1.54) is 29.5 Å². The van der Waals surface area contributed by atoms with Crippen LogP contribution in [0.3, 0.4) is 0 Å². The van der Waals surface area contributed by atoms with Crippen molar-refractivity contribution in [2.24, 2.45) is 0 Å². The zero-order valence-electron chi connectivity index (χ0n) is 20.0. The van der Waals surface area contributed by atoms with Gasteiger partial charge in [0, 0.05) is 17.7 Å². The third-order valence-corrected chi connectivity index (χ3v) is 6.61. The van der Waals surface area contributed by atoms with Gasteiger partial charge in [-0.05, 0) is 43.3 Å². The normalized spacial score (nSPS) is 11.9. The Morgan fingerprint density at radius 3 is 2.54 bits per heavy atom. The molecule has 10 heteroatoms. The van der Waals surface area contributed by atoms with E-state index in [4.69, 9.17) is 14.2 Å². The molecule has 0 atom stereocenters. The second-order valence-electron chi connectivity index (χ2n) is 8.24. The van der Waals surface area contributed by atoms with E-state index in [1.54, 1.807) is 10.5 Å². The van der Waals surface area contributed by atoms with Crippen LogP contribution in [0.2, 0.25) is 0 Å². The summed E-state index contributed by atoms with van der Waals surface area (Å²) < 4.78 is 19.0. The second kappa shape index (κ2) is 10.8. The number of rotatable bonds is 10. The number of nitrogens with zero attached hydrogens (tertiary/aromatic N) is 3. The van der Waals surface area contributed by atoms with E-state index in [0.717, 1.165) is 22.3 Å². The fraction of sp³-hybridized carbons (Fsp3) is 0.185. The van der Waals surface area contributed by atoms with Crippen LogP contribution in [-0.4, -0.2) is 40.7 Å². The fourth-order valence-electron chi connectivity index (χ4n) is 3.81. The first-order valence-electron chi connectivity index (χ1n) is 11.6. The summed E-state index contributed by atoms with van der Waals surface area (Å²) in [6.07, 6.45) is 1.61. The van der Waals surface area contributed by atoms with Crippen molar-refractivity contribution in [1.29, 1.82) is 0 Å². The SMILES string of the molecule is Cc1ccc(OCCOCCOc2ccc([N+](=O)[O-])cc2/C=c2/sc3nc4ccccc4n3c2=O)cc1. The van der Waals surface area contributed by atoms with Crippen molar-refractivity contribution in [1.82, 2.24) is 9.38 Å². The Hall–Kier alpha value is -4.28. The van der Waals surface area contributed by atoms with Gasteiger partial charge in [0.1, 0.15) is 24.7 Å². The Bertz CT molecular complexity index is 1680. The zero-order valence-corrected chi connectivity index (χ0v) is 20.8. The molecule has 0 bridgehead atoms. The molecule has 0 aliphatic heterocycles. The molecule has 3 aromatic carbocycles. The van der Waals surface area contributed by atoms with Crippen molar-refractivity contribution in [2.75, 3.05) is 26.4 Å². The number of aryl methyl sites for hydroxylation is 1. The lowest BCUT2D eigenvalue weighted by atomic mass is 10.1. The summed E-state index contributed by atoms with van der Waals surface area (Å²) in [4.78, 5) is 29.1. The van der Waals surface area contributed by atoms with Gasteiger partial charge in [0.2, 0.25) is 0 Å². The van der Waals surface area contributed by atoms with Crippen LogP contribution in [0.15, 0.2) is 71.5 Å². The number of hydrogen-bond donors (Lipinski definition) is 0. The van der Waals surface area contributed by atoms with Gasteiger partial charge in [-0.2, -0.15) is 0 Å². The third kappa shape index (κ3) is 5.45. The van der Waals surface area contributed by atoms with Gasteiger partial charge < -0.3 is 14.2 Å². The average molecular weight is 518 g/mol. The van der Waals surface area contributed by atoms with Crippen molar-refractivity contribution in [3.63, 3.8) is 0 Å². The van der Waals surface area contributed by atoms with Gasteiger partial charge >= 0.3 is 0 Å². The van der Waals surface area contributed by atoms with Gasteiger partial charge in [-0.25, -0.2) is 9.38 Å². The molecule has 0 aliphatic rings. The molecule has 0 radical (unpaired) electrons. The number of fused-ring (bicyclic) bond motifs is 3. The number of para-hydroxylation sites is 2. The Morgan fingerprint density at radius 2 is 1.76 bits per heavy atom. The molecule has 2 heterocycles. The van der Waals surface area contributed by atoms with E-state index < -0.39 is 4.92 Å². The van der Waals surface area contributed by atoms with Crippen molar-refractivity contribution in [3.8, 4) is 11.5 Å². The number of benzene rings is 3. The minimum atomic E-state index is -0.481. The molecule has 5 rings (SSSR count). The molecule has 0 N–H and O–H groups in total. The molecule has 37 heavy (non-hydrogen) atoms.